The molecule has 2 rings (SSSR count). The standard InChI is InChI=1S/C9H11N3O/c10-8(5-13)7-3-6-1-2-11-9(6)12-4-7/h1-4,8,13H,5,10H2,(H,11,12). The largest absolute Gasteiger partial charge is 0.394 e. The first kappa shape index (κ1) is 8.22. The zero-order chi connectivity index (χ0) is 9.26. The van der Waals surface area contributed by atoms with Crippen LogP contribution in [0.1, 0.15) is 11.6 Å². The molecule has 2 aromatic rings. The number of H-pyrrole nitrogens is 1. The SMILES string of the molecule is NC(CO)c1cnc2[nH]ccc2c1. The summed E-state index contributed by atoms with van der Waals surface area (Å²) in [5.41, 5.74) is 7.35. The molecule has 2 aromatic heterocycles. The fourth-order valence-corrected chi connectivity index (χ4v) is 1.27. The summed E-state index contributed by atoms with van der Waals surface area (Å²) in [5.74, 6) is 0. The van der Waals surface area contributed by atoms with E-state index in [1.807, 2.05) is 18.3 Å². The summed E-state index contributed by atoms with van der Waals surface area (Å²) < 4.78 is 0. The van der Waals surface area contributed by atoms with Crippen molar-refractivity contribution < 1.29 is 5.11 Å². The van der Waals surface area contributed by atoms with E-state index in [1.54, 1.807) is 6.20 Å². The Kier molecular flexibility index (Phi) is 2.00. The maximum absolute atomic E-state index is 8.85. The van der Waals surface area contributed by atoms with Crippen molar-refractivity contribution in [3.05, 3.63) is 30.1 Å². The van der Waals surface area contributed by atoms with E-state index in [2.05, 4.69) is 9.97 Å². The van der Waals surface area contributed by atoms with Crippen LogP contribution in [0.3, 0.4) is 0 Å². The first-order chi connectivity index (χ1) is 6.31. The third-order valence-corrected chi connectivity index (χ3v) is 2.05. The van der Waals surface area contributed by atoms with E-state index in [4.69, 9.17) is 10.8 Å². The Hall–Kier alpha value is -1.39. The van der Waals surface area contributed by atoms with Crippen LogP contribution in [0, 0.1) is 0 Å². The number of nitrogens with one attached hydrogen (secondary N) is 1. The van der Waals surface area contributed by atoms with Gasteiger partial charge in [0.2, 0.25) is 0 Å². The van der Waals surface area contributed by atoms with Crippen LogP contribution in [0.15, 0.2) is 24.5 Å². The molecule has 0 amide bonds. The summed E-state index contributed by atoms with van der Waals surface area (Å²) in [7, 11) is 0. The Bertz CT molecular complexity index is 410. The van der Waals surface area contributed by atoms with Crippen molar-refractivity contribution in [1.29, 1.82) is 0 Å². The highest BCUT2D eigenvalue weighted by Crippen LogP contribution is 2.15. The number of hydrogen-bond donors (Lipinski definition) is 3. The molecule has 0 aliphatic rings. The molecule has 0 spiro atoms. The predicted molar refractivity (Wildman–Crippen MR) is 50.1 cm³/mol. The fraction of sp³-hybridized carbons (Fsp3) is 0.222. The zero-order valence-corrected chi connectivity index (χ0v) is 7.07. The molecular weight excluding hydrogens is 166 g/mol. The third-order valence-electron chi connectivity index (χ3n) is 2.05. The van der Waals surface area contributed by atoms with Crippen molar-refractivity contribution in [3.63, 3.8) is 0 Å². The first-order valence-electron chi connectivity index (χ1n) is 4.10. The van der Waals surface area contributed by atoms with Crippen molar-refractivity contribution in [1.82, 2.24) is 9.97 Å². The average molecular weight is 177 g/mol. The van der Waals surface area contributed by atoms with Gasteiger partial charge >= 0.3 is 0 Å². The van der Waals surface area contributed by atoms with Crippen molar-refractivity contribution in [2.45, 2.75) is 6.04 Å². The molecular formula is C9H11N3O. The molecule has 68 valence electrons. The van der Waals surface area contributed by atoms with Crippen LogP contribution in [-0.2, 0) is 0 Å². The van der Waals surface area contributed by atoms with Crippen molar-refractivity contribution in [2.75, 3.05) is 6.61 Å². The van der Waals surface area contributed by atoms with Gasteiger partial charge in [0.1, 0.15) is 5.65 Å². The lowest BCUT2D eigenvalue weighted by Gasteiger charge is -2.06. The van der Waals surface area contributed by atoms with Gasteiger partial charge in [-0.25, -0.2) is 4.98 Å². The molecule has 1 atom stereocenters. The maximum Gasteiger partial charge on any atom is 0.137 e. The summed E-state index contributed by atoms with van der Waals surface area (Å²) in [6, 6.07) is 3.52. The highest BCUT2D eigenvalue weighted by atomic mass is 16.3. The van der Waals surface area contributed by atoms with Gasteiger partial charge in [0.25, 0.3) is 0 Å². The van der Waals surface area contributed by atoms with E-state index < -0.39 is 0 Å². The highest BCUT2D eigenvalue weighted by molar-refractivity contribution is 5.75. The van der Waals surface area contributed by atoms with E-state index in [0.717, 1.165) is 16.6 Å². The molecule has 0 fully saturated rings. The smallest absolute Gasteiger partial charge is 0.137 e. The van der Waals surface area contributed by atoms with Gasteiger partial charge < -0.3 is 15.8 Å². The Morgan fingerprint density at radius 1 is 1.62 bits per heavy atom. The number of aliphatic hydroxyl groups excluding tert-OH is 1. The number of aliphatic hydroxyl groups is 1. The molecule has 0 aliphatic carbocycles. The minimum Gasteiger partial charge on any atom is -0.394 e. The van der Waals surface area contributed by atoms with Crippen LogP contribution in [0.4, 0.5) is 0 Å². The Morgan fingerprint density at radius 3 is 3.23 bits per heavy atom. The highest BCUT2D eigenvalue weighted by Gasteiger charge is 2.05. The number of aromatic nitrogens is 2. The molecule has 0 bridgehead atoms. The lowest BCUT2D eigenvalue weighted by atomic mass is 10.1. The molecule has 0 aromatic carbocycles. The molecule has 13 heavy (non-hydrogen) atoms. The van der Waals surface area contributed by atoms with Gasteiger partial charge in [-0.15, -0.1) is 0 Å². The number of nitrogens with two attached hydrogens (primary N) is 1. The molecule has 2 heterocycles. The molecule has 4 nitrogen and oxygen atoms in total. The Balaban J connectivity index is 2.48. The second-order valence-electron chi connectivity index (χ2n) is 2.97. The molecule has 0 aliphatic heterocycles. The summed E-state index contributed by atoms with van der Waals surface area (Å²) in [6.07, 6.45) is 3.51. The second-order valence-corrected chi connectivity index (χ2v) is 2.97. The maximum atomic E-state index is 8.85. The van der Waals surface area contributed by atoms with Gasteiger partial charge in [0.05, 0.1) is 12.6 Å². The van der Waals surface area contributed by atoms with Crippen molar-refractivity contribution >= 4 is 11.0 Å². The Morgan fingerprint density at radius 2 is 2.46 bits per heavy atom. The lowest BCUT2D eigenvalue weighted by molar-refractivity contribution is 0.268. The van der Waals surface area contributed by atoms with Crippen molar-refractivity contribution in [2.24, 2.45) is 5.73 Å². The van der Waals surface area contributed by atoms with Crippen LogP contribution in [0.25, 0.3) is 11.0 Å². The number of aromatic amines is 1. The molecule has 0 saturated carbocycles. The van der Waals surface area contributed by atoms with Gasteiger partial charge in [-0.05, 0) is 17.7 Å². The van der Waals surface area contributed by atoms with Crippen LogP contribution in [0.2, 0.25) is 0 Å². The molecule has 4 heteroatoms. The second kappa shape index (κ2) is 3.16. The first-order valence-corrected chi connectivity index (χ1v) is 4.10. The van der Waals surface area contributed by atoms with Crippen LogP contribution in [-0.4, -0.2) is 21.7 Å². The number of pyridine rings is 1. The molecule has 0 radical (unpaired) electrons. The molecule has 4 N–H and O–H groups in total. The molecule has 1 unspecified atom stereocenters. The van der Waals surface area contributed by atoms with Crippen LogP contribution < -0.4 is 5.73 Å². The lowest BCUT2D eigenvalue weighted by Crippen LogP contribution is -2.14. The fourth-order valence-electron chi connectivity index (χ4n) is 1.27. The number of rotatable bonds is 2. The minimum atomic E-state index is -0.341. The van der Waals surface area contributed by atoms with Gasteiger partial charge in [-0.2, -0.15) is 0 Å². The summed E-state index contributed by atoms with van der Waals surface area (Å²) >= 11 is 0. The number of nitrogens with zero attached hydrogens (tertiary/aromatic N) is 1. The average Bonchev–Trinajstić information content (AvgIpc) is 2.63. The third kappa shape index (κ3) is 1.41. The van der Waals surface area contributed by atoms with E-state index in [1.165, 1.54) is 0 Å². The summed E-state index contributed by atoms with van der Waals surface area (Å²) in [5, 5.41) is 9.87. The van der Waals surface area contributed by atoms with Gasteiger partial charge in [-0.3, -0.25) is 0 Å². The van der Waals surface area contributed by atoms with Gasteiger partial charge in [-0.1, -0.05) is 0 Å². The monoisotopic (exact) mass is 177 g/mol. The van der Waals surface area contributed by atoms with Crippen molar-refractivity contribution in [3.8, 4) is 0 Å². The quantitative estimate of drug-likeness (QED) is 0.627. The van der Waals surface area contributed by atoms with E-state index >= 15 is 0 Å². The van der Waals surface area contributed by atoms with Gasteiger partial charge in [0, 0.05) is 17.8 Å². The summed E-state index contributed by atoms with van der Waals surface area (Å²) in [4.78, 5) is 7.15. The summed E-state index contributed by atoms with van der Waals surface area (Å²) in [6.45, 7) is -0.0579. The normalized spacial score (nSPS) is 13.4. The zero-order valence-electron chi connectivity index (χ0n) is 7.07. The Labute approximate surface area is 75.4 Å². The predicted octanol–water partition coefficient (Wildman–Crippen LogP) is 0.555. The van der Waals surface area contributed by atoms with E-state index in [0.29, 0.717) is 0 Å². The van der Waals surface area contributed by atoms with Gasteiger partial charge in [0.15, 0.2) is 0 Å². The van der Waals surface area contributed by atoms with E-state index in [9.17, 15) is 0 Å². The topological polar surface area (TPSA) is 74.9 Å². The number of fused-ring (bicyclic) bond motifs is 1. The minimum absolute atomic E-state index is 0.0579. The van der Waals surface area contributed by atoms with Crippen LogP contribution in [0.5, 0.6) is 0 Å². The van der Waals surface area contributed by atoms with E-state index in [-0.39, 0.29) is 12.6 Å². The van der Waals surface area contributed by atoms with Crippen LogP contribution >= 0.6 is 0 Å². The number of hydrogen-bond acceptors (Lipinski definition) is 3. The molecule has 0 saturated heterocycles.